The van der Waals surface area contributed by atoms with Gasteiger partial charge in [-0.3, -0.25) is 4.79 Å². The van der Waals surface area contributed by atoms with E-state index in [2.05, 4.69) is 10.3 Å². The van der Waals surface area contributed by atoms with Gasteiger partial charge in [-0.25, -0.2) is 4.98 Å². The van der Waals surface area contributed by atoms with Crippen LogP contribution >= 0.6 is 0 Å². The van der Waals surface area contributed by atoms with Crippen LogP contribution in [-0.2, 0) is 0 Å². The molecule has 5 nitrogen and oxygen atoms in total. The minimum Gasteiger partial charge on any atom is -0.463 e. The summed E-state index contributed by atoms with van der Waals surface area (Å²) in [7, 11) is 1.99. The fourth-order valence-corrected chi connectivity index (χ4v) is 3.29. The number of furan rings is 1. The van der Waals surface area contributed by atoms with Gasteiger partial charge in [0.2, 0.25) is 0 Å². The quantitative estimate of drug-likeness (QED) is 0.917. The molecule has 0 spiro atoms. The lowest BCUT2D eigenvalue weighted by Gasteiger charge is -2.32. The van der Waals surface area contributed by atoms with Crippen molar-refractivity contribution in [3.05, 3.63) is 41.8 Å². The third-order valence-corrected chi connectivity index (χ3v) is 4.79. The lowest BCUT2D eigenvalue weighted by atomic mass is 9.93. The van der Waals surface area contributed by atoms with Crippen LogP contribution in [0.4, 0.5) is 0 Å². The number of carbonyl (C=O) groups excluding carboxylic acids is 1. The fraction of sp³-hybridized carbons (Fsp3) is 0.474. The van der Waals surface area contributed by atoms with Gasteiger partial charge in [-0.2, -0.15) is 0 Å². The Labute approximate surface area is 143 Å². The molecule has 0 atom stereocenters. The van der Waals surface area contributed by atoms with E-state index >= 15 is 0 Å². The number of piperidine rings is 1. The van der Waals surface area contributed by atoms with Crippen LogP contribution in [-0.4, -0.2) is 42.5 Å². The maximum Gasteiger partial charge on any atom is 0.255 e. The average molecular weight is 327 g/mol. The van der Waals surface area contributed by atoms with Gasteiger partial charge in [0.15, 0.2) is 5.76 Å². The third kappa shape index (κ3) is 3.67. The van der Waals surface area contributed by atoms with Crippen molar-refractivity contribution in [3.63, 3.8) is 0 Å². The predicted molar refractivity (Wildman–Crippen MR) is 93.8 cm³/mol. The maximum atomic E-state index is 12.8. The Balaban J connectivity index is 1.65. The number of aryl methyl sites for hydroxylation is 1. The molecule has 2 aromatic rings. The number of rotatable bonds is 5. The van der Waals surface area contributed by atoms with Gasteiger partial charge in [0.05, 0.1) is 17.5 Å². The van der Waals surface area contributed by atoms with Gasteiger partial charge in [0.1, 0.15) is 5.69 Å². The number of amides is 1. The smallest absolute Gasteiger partial charge is 0.255 e. The Hall–Kier alpha value is -2.14. The van der Waals surface area contributed by atoms with Crippen molar-refractivity contribution < 1.29 is 9.21 Å². The summed E-state index contributed by atoms with van der Waals surface area (Å²) in [6.45, 7) is 4.62. The topological polar surface area (TPSA) is 58.4 Å². The minimum atomic E-state index is 0.0954. The molecule has 0 bridgehead atoms. The molecule has 0 saturated carbocycles. The first kappa shape index (κ1) is 16.7. The molecule has 0 aliphatic carbocycles. The van der Waals surface area contributed by atoms with Crippen molar-refractivity contribution in [2.45, 2.75) is 26.2 Å². The Morgan fingerprint density at radius 3 is 2.75 bits per heavy atom. The van der Waals surface area contributed by atoms with Crippen molar-refractivity contribution >= 4 is 5.91 Å². The summed E-state index contributed by atoms with van der Waals surface area (Å²) in [6, 6.07) is 7.44. The van der Waals surface area contributed by atoms with Crippen LogP contribution in [0.2, 0.25) is 0 Å². The van der Waals surface area contributed by atoms with Crippen molar-refractivity contribution in [1.29, 1.82) is 0 Å². The van der Waals surface area contributed by atoms with E-state index in [9.17, 15) is 4.79 Å². The van der Waals surface area contributed by atoms with Gasteiger partial charge in [-0.05, 0) is 70.0 Å². The Morgan fingerprint density at radius 2 is 2.12 bits per heavy atom. The van der Waals surface area contributed by atoms with E-state index in [-0.39, 0.29) is 5.91 Å². The first-order chi connectivity index (χ1) is 11.7. The molecule has 3 rings (SSSR count). The molecule has 3 heterocycles. The number of nitrogens with one attached hydrogen (secondary N) is 1. The molecule has 1 aliphatic rings. The standard InChI is InChI=1S/C19H25N3O2/c1-14-16(5-6-17(21-14)18-4-3-13-24-18)19(23)22-11-8-15(9-12-22)7-10-20-2/h3-6,13,15,20H,7-12H2,1-2H3. The SMILES string of the molecule is CNCCC1CCN(C(=O)c2ccc(-c3ccco3)nc2C)CC1. The van der Waals surface area contributed by atoms with Crippen LogP contribution < -0.4 is 5.32 Å². The monoisotopic (exact) mass is 327 g/mol. The fourth-order valence-electron chi connectivity index (χ4n) is 3.29. The second-order valence-electron chi connectivity index (χ2n) is 6.43. The van der Waals surface area contributed by atoms with Crippen LogP contribution in [0.3, 0.4) is 0 Å². The van der Waals surface area contributed by atoms with Crippen molar-refractivity contribution in [2.24, 2.45) is 5.92 Å². The summed E-state index contributed by atoms with van der Waals surface area (Å²) in [4.78, 5) is 19.3. The summed E-state index contributed by atoms with van der Waals surface area (Å²) in [6.07, 6.45) is 5.00. The zero-order chi connectivity index (χ0) is 16.9. The Kier molecular flexibility index (Phi) is 5.30. The molecule has 0 unspecified atom stereocenters. The van der Waals surface area contributed by atoms with Crippen molar-refractivity contribution in [1.82, 2.24) is 15.2 Å². The normalized spacial score (nSPS) is 15.7. The summed E-state index contributed by atoms with van der Waals surface area (Å²) < 4.78 is 5.37. The molecule has 1 aliphatic heterocycles. The molecular weight excluding hydrogens is 302 g/mol. The van der Waals surface area contributed by atoms with Crippen molar-refractivity contribution in [3.8, 4) is 11.5 Å². The molecule has 1 fully saturated rings. The summed E-state index contributed by atoms with van der Waals surface area (Å²) in [5, 5.41) is 3.20. The predicted octanol–water partition coefficient (Wildman–Crippen LogP) is 3.11. The lowest BCUT2D eigenvalue weighted by molar-refractivity contribution is 0.0686. The van der Waals surface area contributed by atoms with Gasteiger partial charge >= 0.3 is 0 Å². The Bertz CT molecular complexity index is 674. The molecule has 5 heteroatoms. The van der Waals surface area contributed by atoms with E-state index in [0.717, 1.165) is 55.5 Å². The highest BCUT2D eigenvalue weighted by Gasteiger charge is 2.24. The highest BCUT2D eigenvalue weighted by Crippen LogP contribution is 2.24. The number of pyridine rings is 1. The van der Waals surface area contributed by atoms with Gasteiger partial charge in [-0.15, -0.1) is 0 Å². The number of likely N-dealkylation sites (tertiary alicyclic amines) is 1. The second-order valence-corrected chi connectivity index (χ2v) is 6.43. The molecule has 0 aromatic carbocycles. The summed E-state index contributed by atoms with van der Waals surface area (Å²) in [5.74, 6) is 1.54. The van der Waals surface area contributed by atoms with E-state index in [4.69, 9.17) is 4.42 Å². The van der Waals surface area contributed by atoms with Gasteiger partial charge in [0, 0.05) is 13.1 Å². The van der Waals surface area contributed by atoms with E-state index in [1.807, 2.05) is 43.1 Å². The molecule has 24 heavy (non-hydrogen) atoms. The third-order valence-electron chi connectivity index (χ3n) is 4.79. The highest BCUT2D eigenvalue weighted by molar-refractivity contribution is 5.95. The number of nitrogens with zero attached hydrogens (tertiary/aromatic N) is 2. The van der Waals surface area contributed by atoms with Gasteiger partial charge in [-0.1, -0.05) is 0 Å². The summed E-state index contributed by atoms with van der Waals surface area (Å²) in [5.41, 5.74) is 2.21. The molecule has 1 saturated heterocycles. The number of aromatic nitrogens is 1. The number of hydrogen-bond acceptors (Lipinski definition) is 4. The average Bonchev–Trinajstić information content (AvgIpc) is 3.14. The summed E-state index contributed by atoms with van der Waals surface area (Å²) >= 11 is 0. The van der Waals surface area contributed by atoms with Crippen LogP contribution in [0.25, 0.3) is 11.5 Å². The maximum absolute atomic E-state index is 12.8. The van der Waals surface area contributed by atoms with E-state index in [1.54, 1.807) is 6.26 Å². The van der Waals surface area contributed by atoms with Crippen LogP contribution in [0.5, 0.6) is 0 Å². The van der Waals surface area contributed by atoms with Crippen LogP contribution in [0.1, 0.15) is 35.3 Å². The van der Waals surface area contributed by atoms with Crippen LogP contribution in [0, 0.1) is 12.8 Å². The molecule has 1 amide bonds. The molecule has 0 radical (unpaired) electrons. The molecule has 2 aromatic heterocycles. The van der Waals surface area contributed by atoms with E-state index in [1.165, 1.54) is 6.42 Å². The van der Waals surface area contributed by atoms with Gasteiger partial charge in [0.25, 0.3) is 5.91 Å². The largest absolute Gasteiger partial charge is 0.463 e. The van der Waals surface area contributed by atoms with E-state index < -0.39 is 0 Å². The highest BCUT2D eigenvalue weighted by atomic mass is 16.3. The first-order valence-electron chi connectivity index (χ1n) is 8.64. The Morgan fingerprint density at radius 1 is 1.33 bits per heavy atom. The van der Waals surface area contributed by atoms with Gasteiger partial charge < -0.3 is 14.6 Å². The first-order valence-corrected chi connectivity index (χ1v) is 8.64. The molecular formula is C19H25N3O2. The van der Waals surface area contributed by atoms with E-state index in [0.29, 0.717) is 5.56 Å². The zero-order valence-corrected chi connectivity index (χ0v) is 14.4. The van der Waals surface area contributed by atoms with Crippen molar-refractivity contribution in [2.75, 3.05) is 26.7 Å². The molecule has 1 N–H and O–H groups in total. The second kappa shape index (κ2) is 7.62. The lowest BCUT2D eigenvalue weighted by Crippen LogP contribution is -2.39. The molecule has 128 valence electrons. The van der Waals surface area contributed by atoms with Crippen LogP contribution in [0.15, 0.2) is 34.9 Å². The number of carbonyl (C=O) groups is 1. The number of hydrogen-bond donors (Lipinski definition) is 1. The zero-order valence-electron chi connectivity index (χ0n) is 14.4. The minimum absolute atomic E-state index is 0.0954.